The number of nitrogens with zero attached hydrogens (tertiary/aromatic N) is 4. The van der Waals surface area contributed by atoms with Gasteiger partial charge >= 0.3 is 0 Å². The number of fused-ring (bicyclic) bond motifs is 1. The molecule has 1 fully saturated rings. The predicted molar refractivity (Wildman–Crippen MR) is 157 cm³/mol. The first-order valence-electron chi connectivity index (χ1n) is 13.2. The van der Waals surface area contributed by atoms with Crippen molar-refractivity contribution < 1.29 is 18.0 Å². The summed E-state index contributed by atoms with van der Waals surface area (Å²) in [6, 6.07) is 27.4. The highest BCUT2D eigenvalue weighted by atomic mass is 32.2. The molecule has 0 aliphatic carbocycles. The number of carbonyl (C=O) groups excluding carboxylic acids is 2. The zero-order valence-corrected chi connectivity index (χ0v) is 22.9. The van der Waals surface area contributed by atoms with E-state index in [4.69, 9.17) is 0 Å². The quantitative estimate of drug-likeness (QED) is 0.233. The standard InChI is InChI=1S/C31H27N5O4S/c37-30(29-28(23-7-2-1-3-8-23)21-26-9-4-5-16-36(26)29)31(38)33-24-11-13-25(14-12-24)34-17-19-35(20-18-34)41(39,40)27-10-6-15-32-22-27/h1-16,21-22H,17-20H2,(H,33,38). The minimum absolute atomic E-state index is 0.187. The lowest BCUT2D eigenvalue weighted by Crippen LogP contribution is -2.48. The number of hydrogen-bond donors (Lipinski definition) is 1. The lowest BCUT2D eigenvalue weighted by Gasteiger charge is -2.35. The van der Waals surface area contributed by atoms with Crippen molar-refractivity contribution in [3.63, 3.8) is 0 Å². The average Bonchev–Trinajstić information content (AvgIpc) is 3.42. The van der Waals surface area contributed by atoms with Crippen LogP contribution in [0, 0.1) is 0 Å². The number of anilines is 2. The second-order valence-electron chi connectivity index (χ2n) is 9.68. The third kappa shape index (κ3) is 5.22. The highest BCUT2D eigenvalue weighted by Gasteiger charge is 2.29. The molecule has 0 spiro atoms. The first kappa shape index (κ1) is 26.4. The minimum atomic E-state index is -3.59. The van der Waals surface area contributed by atoms with Crippen LogP contribution >= 0.6 is 0 Å². The number of sulfonamides is 1. The Morgan fingerprint density at radius 1 is 0.805 bits per heavy atom. The summed E-state index contributed by atoms with van der Waals surface area (Å²) in [5.41, 5.74) is 4.06. The Labute approximate surface area is 237 Å². The molecule has 4 heterocycles. The molecule has 1 aliphatic heterocycles. The van der Waals surface area contributed by atoms with Crippen LogP contribution in [0.5, 0.6) is 0 Å². The highest BCUT2D eigenvalue weighted by molar-refractivity contribution is 7.89. The van der Waals surface area contributed by atoms with Gasteiger partial charge in [0.1, 0.15) is 10.6 Å². The molecular formula is C31H27N5O4S. The van der Waals surface area contributed by atoms with Crippen LogP contribution in [0.1, 0.15) is 10.5 Å². The van der Waals surface area contributed by atoms with Crippen molar-refractivity contribution in [2.24, 2.45) is 0 Å². The van der Waals surface area contributed by atoms with Crippen LogP contribution < -0.4 is 10.2 Å². The highest BCUT2D eigenvalue weighted by Crippen LogP contribution is 2.29. The maximum atomic E-state index is 13.4. The number of nitrogens with one attached hydrogen (secondary N) is 1. The molecule has 2 aromatic carbocycles. The van der Waals surface area contributed by atoms with Crippen LogP contribution in [-0.4, -0.2) is 60.0 Å². The number of rotatable bonds is 7. The van der Waals surface area contributed by atoms with Crippen molar-refractivity contribution in [3.8, 4) is 11.1 Å². The van der Waals surface area contributed by atoms with E-state index in [2.05, 4.69) is 15.2 Å². The summed E-state index contributed by atoms with van der Waals surface area (Å²) < 4.78 is 29.0. The topological polar surface area (TPSA) is 104 Å². The SMILES string of the molecule is O=C(Nc1ccc(N2CCN(S(=O)(=O)c3cccnc3)CC2)cc1)C(=O)c1c(-c2ccccc2)cc2ccccn12. The van der Waals surface area contributed by atoms with Gasteiger partial charge in [-0.05, 0) is 60.2 Å². The van der Waals surface area contributed by atoms with Gasteiger partial charge in [0.15, 0.2) is 0 Å². The molecule has 1 saturated heterocycles. The van der Waals surface area contributed by atoms with Crippen molar-refractivity contribution >= 4 is 38.6 Å². The number of ketones is 1. The van der Waals surface area contributed by atoms with Gasteiger partial charge in [0, 0.05) is 67.2 Å². The molecule has 41 heavy (non-hydrogen) atoms. The molecule has 0 bridgehead atoms. The van der Waals surface area contributed by atoms with E-state index in [0.29, 0.717) is 43.1 Å². The van der Waals surface area contributed by atoms with Gasteiger partial charge in [-0.1, -0.05) is 36.4 Å². The van der Waals surface area contributed by atoms with Crippen molar-refractivity contribution in [1.29, 1.82) is 0 Å². The fourth-order valence-electron chi connectivity index (χ4n) is 5.08. The number of carbonyl (C=O) groups is 2. The van der Waals surface area contributed by atoms with E-state index in [0.717, 1.165) is 16.8 Å². The molecular weight excluding hydrogens is 538 g/mol. The van der Waals surface area contributed by atoms with Gasteiger partial charge in [-0.2, -0.15) is 4.31 Å². The van der Waals surface area contributed by atoms with Crippen LogP contribution in [0.4, 0.5) is 11.4 Å². The second-order valence-corrected chi connectivity index (χ2v) is 11.6. The molecule has 0 unspecified atom stereocenters. The smallest absolute Gasteiger partial charge is 0.298 e. The first-order chi connectivity index (χ1) is 19.9. The molecule has 0 radical (unpaired) electrons. The number of pyridine rings is 2. The van der Waals surface area contributed by atoms with Crippen molar-refractivity contribution in [2.75, 3.05) is 36.4 Å². The van der Waals surface area contributed by atoms with Crippen LogP contribution in [-0.2, 0) is 14.8 Å². The normalized spacial score (nSPS) is 14.2. The molecule has 10 heteroatoms. The number of benzene rings is 2. The molecule has 1 N–H and O–H groups in total. The molecule has 0 atom stereocenters. The Hall–Kier alpha value is -4.80. The van der Waals surface area contributed by atoms with Gasteiger partial charge in [0.25, 0.3) is 11.7 Å². The summed E-state index contributed by atoms with van der Waals surface area (Å²) >= 11 is 0. The second kappa shape index (κ2) is 11.0. The first-order valence-corrected chi connectivity index (χ1v) is 14.6. The lowest BCUT2D eigenvalue weighted by molar-refractivity contribution is -0.112. The van der Waals surface area contributed by atoms with Gasteiger partial charge in [0.2, 0.25) is 10.0 Å². The Balaban J connectivity index is 1.14. The van der Waals surface area contributed by atoms with E-state index in [1.165, 1.54) is 10.5 Å². The van der Waals surface area contributed by atoms with Crippen LogP contribution in [0.25, 0.3) is 16.6 Å². The van der Waals surface area contributed by atoms with E-state index in [-0.39, 0.29) is 4.90 Å². The average molecular weight is 566 g/mol. The Bertz CT molecular complexity index is 1810. The Morgan fingerprint density at radius 3 is 2.24 bits per heavy atom. The summed E-state index contributed by atoms with van der Waals surface area (Å²) in [5, 5.41) is 2.73. The molecule has 1 amide bonds. The molecule has 206 valence electrons. The van der Waals surface area contributed by atoms with Crippen molar-refractivity contribution in [3.05, 3.63) is 115 Å². The maximum Gasteiger partial charge on any atom is 0.298 e. The number of piperazine rings is 1. The lowest BCUT2D eigenvalue weighted by atomic mass is 10.0. The molecule has 0 saturated carbocycles. The number of amides is 1. The summed E-state index contributed by atoms with van der Waals surface area (Å²) in [4.78, 5) is 32.8. The fourth-order valence-corrected chi connectivity index (χ4v) is 6.47. The van der Waals surface area contributed by atoms with Crippen LogP contribution in [0.2, 0.25) is 0 Å². The molecule has 6 rings (SSSR count). The number of aromatic nitrogens is 2. The van der Waals surface area contributed by atoms with Crippen molar-refractivity contribution in [2.45, 2.75) is 4.90 Å². The minimum Gasteiger partial charge on any atom is -0.369 e. The fraction of sp³-hybridized carbons (Fsp3) is 0.129. The Kier molecular flexibility index (Phi) is 7.08. The molecule has 9 nitrogen and oxygen atoms in total. The number of hydrogen-bond acceptors (Lipinski definition) is 6. The predicted octanol–water partition coefficient (Wildman–Crippen LogP) is 4.33. The van der Waals surface area contributed by atoms with Gasteiger partial charge in [-0.25, -0.2) is 8.42 Å². The zero-order chi connectivity index (χ0) is 28.4. The molecule has 1 aliphatic rings. The van der Waals surface area contributed by atoms with E-state index < -0.39 is 21.7 Å². The Morgan fingerprint density at radius 2 is 1.54 bits per heavy atom. The maximum absolute atomic E-state index is 13.4. The van der Waals surface area contributed by atoms with Gasteiger partial charge in [-0.3, -0.25) is 14.6 Å². The molecule has 5 aromatic rings. The van der Waals surface area contributed by atoms with E-state index in [1.807, 2.05) is 66.7 Å². The van der Waals surface area contributed by atoms with Gasteiger partial charge < -0.3 is 14.6 Å². The van der Waals surface area contributed by atoms with Gasteiger partial charge in [-0.15, -0.1) is 0 Å². The summed E-state index contributed by atoms with van der Waals surface area (Å²) in [6.07, 6.45) is 4.68. The van der Waals surface area contributed by atoms with E-state index in [1.54, 1.807) is 41.1 Å². The molecule has 3 aromatic heterocycles. The summed E-state index contributed by atoms with van der Waals surface area (Å²) in [7, 11) is -3.59. The third-order valence-electron chi connectivity index (χ3n) is 7.19. The largest absolute Gasteiger partial charge is 0.369 e. The van der Waals surface area contributed by atoms with Crippen LogP contribution in [0.15, 0.2) is 114 Å². The van der Waals surface area contributed by atoms with Gasteiger partial charge in [0.05, 0.1) is 0 Å². The number of Topliss-reactive ketones (excluding diaryl/α,β-unsaturated/α-hetero) is 1. The summed E-state index contributed by atoms with van der Waals surface area (Å²) in [5.74, 6) is -1.36. The summed E-state index contributed by atoms with van der Waals surface area (Å²) in [6.45, 7) is 1.74. The van der Waals surface area contributed by atoms with E-state index in [9.17, 15) is 18.0 Å². The van der Waals surface area contributed by atoms with Crippen molar-refractivity contribution in [1.82, 2.24) is 13.7 Å². The van der Waals surface area contributed by atoms with E-state index >= 15 is 0 Å². The zero-order valence-electron chi connectivity index (χ0n) is 22.1. The monoisotopic (exact) mass is 565 g/mol. The third-order valence-corrected chi connectivity index (χ3v) is 9.07. The van der Waals surface area contributed by atoms with Crippen LogP contribution in [0.3, 0.4) is 0 Å².